The Bertz CT molecular complexity index is 324. The van der Waals surface area contributed by atoms with E-state index in [0.29, 0.717) is 0 Å². The maximum atomic E-state index is 12.5. The first-order valence-corrected chi connectivity index (χ1v) is 4.41. The highest BCUT2D eigenvalue weighted by Crippen LogP contribution is 2.18. The molecule has 0 atom stereocenters. The standard InChI is InChI=1S/C8H10F4N4/c9-6-3-14-7(15-4-6)16(2-1-13)5-8(10,11)12/h3-4H,1-2,5,13H2. The van der Waals surface area contributed by atoms with Crippen molar-refractivity contribution >= 4 is 5.95 Å². The lowest BCUT2D eigenvalue weighted by Crippen LogP contribution is -2.38. The second-order valence-electron chi connectivity index (χ2n) is 3.03. The number of nitrogens with zero attached hydrogens (tertiary/aromatic N) is 3. The number of nitrogens with two attached hydrogens (primary N) is 1. The average molecular weight is 238 g/mol. The van der Waals surface area contributed by atoms with Crippen LogP contribution in [0, 0.1) is 5.82 Å². The lowest BCUT2D eigenvalue weighted by Gasteiger charge is -2.22. The quantitative estimate of drug-likeness (QED) is 0.793. The molecule has 0 saturated carbocycles. The normalized spacial score (nSPS) is 11.6. The van der Waals surface area contributed by atoms with Crippen LogP contribution in [0.1, 0.15) is 0 Å². The fourth-order valence-corrected chi connectivity index (χ4v) is 1.09. The number of hydrogen-bond donors (Lipinski definition) is 1. The van der Waals surface area contributed by atoms with Gasteiger partial charge in [-0.25, -0.2) is 14.4 Å². The van der Waals surface area contributed by atoms with E-state index in [2.05, 4.69) is 9.97 Å². The molecule has 8 heteroatoms. The number of hydrogen-bond acceptors (Lipinski definition) is 4. The molecular weight excluding hydrogens is 228 g/mol. The predicted molar refractivity (Wildman–Crippen MR) is 49.3 cm³/mol. The summed E-state index contributed by atoms with van der Waals surface area (Å²) in [5, 5.41) is 0. The van der Waals surface area contributed by atoms with Crippen molar-refractivity contribution in [2.24, 2.45) is 5.73 Å². The molecule has 0 radical (unpaired) electrons. The summed E-state index contributed by atoms with van der Waals surface area (Å²) in [6.45, 7) is -1.24. The number of halogens is 4. The first kappa shape index (κ1) is 12.6. The molecule has 4 nitrogen and oxygen atoms in total. The topological polar surface area (TPSA) is 55.0 Å². The van der Waals surface area contributed by atoms with E-state index in [1.54, 1.807) is 0 Å². The molecule has 16 heavy (non-hydrogen) atoms. The molecule has 0 aliphatic rings. The van der Waals surface area contributed by atoms with Gasteiger partial charge in [0.25, 0.3) is 0 Å². The molecule has 0 aliphatic carbocycles. The number of alkyl halides is 3. The molecule has 0 spiro atoms. The number of anilines is 1. The fraction of sp³-hybridized carbons (Fsp3) is 0.500. The van der Waals surface area contributed by atoms with Crippen LogP contribution in [-0.4, -0.2) is 35.8 Å². The summed E-state index contributed by atoms with van der Waals surface area (Å²) in [7, 11) is 0. The van der Waals surface area contributed by atoms with Gasteiger partial charge in [0.2, 0.25) is 5.95 Å². The van der Waals surface area contributed by atoms with Crippen molar-refractivity contribution in [2.75, 3.05) is 24.5 Å². The van der Waals surface area contributed by atoms with E-state index in [1.807, 2.05) is 0 Å². The van der Waals surface area contributed by atoms with Gasteiger partial charge in [-0.15, -0.1) is 0 Å². The van der Waals surface area contributed by atoms with E-state index < -0.39 is 18.5 Å². The van der Waals surface area contributed by atoms with Crippen molar-refractivity contribution in [1.82, 2.24) is 9.97 Å². The van der Waals surface area contributed by atoms with Crippen LogP contribution >= 0.6 is 0 Å². The summed E-state index contributed by atoms with van der Waals surface area (Å²) in [6, 6.07) is 0. The van der Waals surface area contributed by atoms with Crippen LogP contribution < -0.4 is 10.6 Å². The minimum Gasteiger partial charge on any atom is -0.330 e. The molecule has 2 N–H and O–H groups in total. The summed E-state index contributed by atoms with van der Waals surface area (Å²) in [6.07, 6.45) is -2.77. The van der Waals surface area contributed by atoms with Crippen LogP contribution in [0.4, 0.5) is 23.5 Å². The first-order chi connectivity index (χ1) is 7.42. The van der Waals surface area contributed by atoms with E-state index in [0.717, 1.165) is 17.3 Å². The molecule has 0 bridgehead atoms. The Labute approximate surface area is 89.1 Å². The fourth-order valence-electron chi connectivity index (χ4n) is 1.09. The highest BCUT2D eigenvalue weighted by atomic mass is 19.4. The minimum absolute atomic E-state index is 0.0246. The van der Waals surface area contributed by atoms with E-state index in [4.69, 9.17) is 5.73 Å². The second-order valence-corrected chi connectivity index (χ2v) is 3.03. The lowest BCUT2D eigenvalue weighted by atomic mass is 10.4. The highest BCUT2D eigenvalue weighted by molar-refractivity contribution is 5.28. The molecular formula is C8H10F4N4. The molecule has 0 amide bonds. The second kappa shape index (κ2) is 5.06. The van der Waals surface area contributed by atoms with Gasteiger partial charge in [-0.05, 0) is 0 Å². The zero-order valence-electron chi connectivity index (χ0n) is 8.21. The molecule has 0 aliphatic heterocycles. The summed E-state index contributed by atoms with van der Waals surface area (Å²) in [5.74, 6) is -0.896. The van der Waals surface area contributed by atoms with Gasteiger partial charge in [0.05, 0.1) is 12.4 Å². The average Bonchev–Trinajstić information content (AvgIpc) is 2.16. The van der Waals surface area contributed by atoms with Gasteiger partial charge in [-0.2, -0.15) is 13.2 Å². The van der Waals surface area contributed by atoms with Crippen LogP contribution in [0.5, 0.6) is 0 Å². The minimum atomic E-state index is -4.38. The molecule has 1 aromatic heterocycles. The molecule has 90 valence electrons. The van der Waals surface area contributed by atoms with Crippen LogP contribution in [0.25, 0.3) is 0 Å². The van der Waals surface area contributed by atoms with E-state index in [-0.39, 0.29) is 19.0 Å². The number of aromatic nitrogens is 2. The monoisotopic (exact) mass is 238 g/mol. The van der Waals surface area contributed by atoms with Gasteiger partial charge in [-0.3, -0.25) is 0 Å². The first-order valence-electron chi connectivity index (χ1n) is 4.41. The van der Waals surface area contributed by atoms with Crippen molar-refractivity contribution < 1.29 is 17.6 Å². The molecule has 1 rings (SSSR count). The van der Waals surface area contributed by atoms with E-state index >= 15 is 0 Å². The Kier molecular flexibility index (Phi) is 3.99. The third-order valence-electron chi connectivity index (χ3n) is 1.66. The SMILES string of the molecule is NCCN(CC(F)(F)F)c1ncc(F)cn1. The van der Waals surface area contributed by atoms with Crippen molar-refractivity contribution in [3.8, 4) is 0 Å². The molecule has 1 heterocycles. The smallest absolute Gasteiger partial charge is 0.330 e. The van der Waals surface area contributed by atoms with Crippen molar-refractivity contribution in [3.63, 3.8) is 0 Å². The van der Waals surface area contributed by atoms with Gasteiger partial charge in [0, 0.05) is 13.1 Å². The van der Waals surface area contributed by atoms with Gasteiger partial charge in [0.1, 0.15) is 6.54 Å². The predicted octanol–water partition coefficient (Wildman–Crippen LogP) is 0.943. The highest BCUT2D eigenvalue weighted by Gasteiger charge is 2.31. The molecule has 0 unspecified atom stereocenters. The van der Waals surface area contributed by atoms with Gasteiger partial charge >= 0.3 is 6.18 Å². The Morgan fingerprint density at radius 2 is 1.81 bits per heavy atom. The zero-order chi connectivity index (χ0) is 12.2. The third-order valence-corrected chi connectivity index (χ3v) is 1.66. The number of rotatable bonds is 4. The third kappa shape index (κ3) is 3.97. The summed E-state index contributed by atoms with van der Waals surface area (Å²) in [5.41, 5.74) is 5.18. The van der Waals surface area contributed by atoms with Crippen LogP contribution in [0.2, 0.25) is 0 Å². The van der Waals surface area contributed by atoms with E-state index in [9.17, 15) is 17.6 Å². The zero-order valence-corrected chi connectivity index (χ0v) is 8.21. The molecule has 0 aromatic carbocycles. The van der Waals surface area contributed by atoms with Gasteiger partial charge < -0.3 is 10.6 Å². The Morgan fingerprint density at radius 3 is 2.25 bits per heavy atom. The largest absolute Gasteiger partial charge is 0.406 e. The maximum absolute atomic E-state index is 12.5. The lowest BCUT2D eigenvalue weighted by molar-refractivity contribution is -0.119. The van der Waals surface area contributed by atoms with Gasteiger partial charge in [0.15, 0.2) is 5.82 Å². The molecule has 0 fully saturated rings. The summed E-state index contributed by atoms with van der Waals surface area (Å²) >= 11 is 0. The maximum Gasteiger partial charge on any atom is 0.406 e. The van der Waals surface area contributed by atoms with Crippen molar-refractivity contribution in [3.05, 3.63) is 18.2 Å². The Morgan fingerprint density at radius 1 is 1.25 bits per heavy atom. The van der Waals surface area contributed by atoms with Crippen molar-refractivity contribution in [1.29, 1.82) is 0 Å². The van der Waals surface area contributed by atoms with Crippen LogP contribution in [0.3, 0.4) is 0 Å². The van der Waals surface area contributed by atoms with Crippen LogP contribution in [-0.2, 0) is 0 Å². The van der Waals surface area contributed by atoms with E-state index in [1.165, 1.54) is 0 Å². The molecule has 0 saturated heterocycles. The summed E-state index contributed by atoms with van der Waals surface area (Å²) in [4.78, 5) is 7.78. The Hall–Kier alpha value is -1.44. The Balaban J connectivity index is 2.80. The van der Waals surface area contributed by atoms with Crippen molar-refractivity contribution in [2.45, 2.75) is 6.18 Å². The molecule has 1 aromatic rings. The van der Waals surface area contributed by atoms with Crippen LogP contribution in [0.15, 0.2) is 12.4 Å². The van der Waals surface area contributed by atoms with Gasteiger partial charge in [-0.1, -0.05) is 0 Å². The summed E-state index contributed by atoms with van der Waals surface area (Å²) < 4.78 is 49.0.